The number of nitrogens with two attached hydrogens (primary N) is 1. The Kier molecular flexibility index (Phi) is 5.19. The predicted octanol–water partition coefficient (Wildman–Crippen LogP) is 1.51. The summed E-state index contributed by atoms with van der Waals surface area (Å²) in [5.41, 5.74) is 6.40. The highest BCUT2D eigenvalue weighted by molar-refractivity contribution is 6.30. The number of hydrogen-bond donors (Lipinski definition) is 2. The molecular formula is C17H18ClN3O4. The lowest BCUT2D eigenvalue weighted by Gasteiger charge is -2.17. The number of aliphatic hydroxyl groups is 1. The van der Waals surface area contributed by atoms with Crippen LogP contribution in [0.5, 0.6) is 0 Å². The van der Waals surface area contributed by atoms with Gasteiger partial charge >= 0.3 is 5.69 Å². The van der Waals surface area contributed by atoms with Crippen molar-refractivity contribution in [3.8, 4) is 0 Å². The second kappa shape index (κ2) is 7.37. The molecule has 0 spiro atoms. The lowest BCUT2D eigenvalue weighted by atomic mass is 10.1. The van der Waals surface area contributed by atoms with E-state index in [4.69, 9.17) is 26.8 Å². The molecule has 2 aromatic rings. The van der Waals surface area contributed by atoms with E-state index < -0.39 is 24.1 Å². The maximum absolute atomic E-state index is 12.0. The van der Waals surface area contributed by atoms with E-state index in [0.29, 0.717) is 17.2 Å². The molecule has 2 heterocycles. The smallest absolute Gasteiger partial charge is 0.351 e. The number of nitrogens with zero attached hydrogens (tertiary/aromatic N) is 2. The molecule has 0 saturated carbocycles. The molecular weight excluding hydrogens is 346 g/mol. The van der Waals surface area contributed by atoms with Gasteiger partial charge in [0.15, 0.2) is 6.23 Å². The monoisotopic (exact) mass is 363 g/mol. The summed E-state index contributed by atoms with van der Waals surface area (Å²) in [6, 6.07) is 8.73. The molecule has 0 radical (unpaired) electrons. The molecule has 1 aliphatic heterocycles. The molecule has 3 N–H and O–H groups in total. The van der Waals surface area contributed by atoms with E-state index in [1.54, 1.807) is 12.1 Å². The molecule has 1 fully saturated rings. The summed E-state index contributed by atoms with van der Waals surface area (Å²) in [6.07, 6.45) is -0.478. The van der Waals surface area contributed by atoms with E-state index in [0.717, 1.165) is 5.56 Å². The minimum Gasteiger partial charge on any atom is -0.394 e. The second-order valence-electron chi connectivity index (χ2n) is 5.68. The van der Waals surface area contributed by atoms with Gasteiger partial charge in [0, 0.05) is 16.8 Å². The fourth-order valence-corrected chi connectivity index (χ4v) is 2.80. The molecule has 3 rings (SSSR count). The van der Waals surface area contributed by atoms with E-state index in [-0.39, 0.29) is 12.4 Å². The van der Waals surface area contributed by atoms with Crippen LogP contribution in [0.25, 0.3) is 0 Å². The molecule has 0 aliphatic carbocycles. The van der Waals surface area contributed by atoms with Gasteiger partial charge in [-0.3, -0.25) is 4.57 Å². The van der Waals surface area contributed by atoms with E-state index in [9.17, 15) is 9.90 Å². The van der Waals surface area contributed by atoms with Crippen molar-refractivity contribution in [3.05, 3.63) is 69.8 Å². The van der Waals surface area contributed by atoms with E-state index in [1.807, 2.05) is 12.1 Å². The Labute approximate surface area is 149 Å². The molecule has 1 aromatic heterocycles. The third kappa shape index (κ3) is 3.74. The maximum Gasteiger partial charge on any atom is 0.351 e. The Bertz CT molecular complexity index is 821. The van der Waals surface area contributed by atoms with Gasteiger partial charge in [-0.25, -0.2) is 4.79 Å². The Morgan fingerprint density at radius 2 is 2.08 bits per heavy atom. The number of nitrogen functional groups attached to an aromatic ring is 1. The molecule has 25 heavy (non-hydrogen) atoms. The first-order valence-electron chi connectivity index (χ1n) is 7.65. The van der Waals surface area contributed by atoms with Crippen molar-refractivity contribution < 1.29 is 14.6 Å². The summed E-state index contributed by atoms with van der Waals surface area (Å²) in [4.78, 5) is 15.7. The average Bonchev–Trinajstić information content (AvgIpc) is 2.90. The third-order valence-electron chi connectivity index (χ3n) is 3.95. The largest absolute Gasteiger partial charge is 0.394 e. The number of hydrogen-bond acceptors (Lipinski definition) is 6. The summed E-state index contributed by atoms with van der Waals surface area (Å²) in [6.45, 7) is 4.01. The first-order chi connectivity index (χ1) is 12.0. The summed E-state index contributed by atoms with van der Waals surface area (Å²) in [5.74, 6) is 0.124. The zero-order chi connectivity index (χ0) is 18.0. The van der Waals surface area contributed by atoms with Crippen molar-refractivity contribution in [3.63, 3.8) is 0 Å². The van der Waals surface area contributed by atoms with Gasteiger partial charge in [0.25, 0.3) is 0 Å². The fraction of sp³-hybridized carbons (Fsp3) is 0.294. The molecule has 1 saturated heterocycles. The van der Waals surface area contributed by atoms with Gasteiger partial charge in [0.2, 0.25) is 0 Å². The molecule has 0 unspecified atom stereocenters. The number of rotatable bonds is 5. The van der Waals surface area contributed by atoms with Crippen LogP contribution in [-0.4, -0.2) is 33.5 Å². The summed E-state index contributed by atoms with van der Waals surface area (Å²) < 4.78 is 12.9. The first-order valence-corrected chi connectivity index (χ1v) is 8.03. The maximum atomic E-state index is 12.0. The SMILES string of the molecule is C=C1[C@H](n2ccc(N)nc2=O)O[C@H](CO)[C@H]1OCc1ccc(Cl)cc1. The topological polar surface area (TPSA) is 99.6 Å². The van der Waals surface area contributed by atoms with Crippen LogP contribution in [0.15, 0.2) is 53.5 Å². The third-order valence-corrected chi connectivity index (χ3v) is 4.20. The number of ether oxygens (including phenoxy) is 2. The van der Waals surface area contributed by atoms with Crippen molar-refractivity contribution in [2.24, 2.45) is 0 Å². The molecule has 1 aliphatic rings. The Morgan fingerprint density at radius 1 is 1.36 bits per heavy atom. The zero-order valence-corrected chi connectivity index (χ0v) is 14.1. The number of benzene rings is 1. The van der Waals surface area contributed by atoms with Gasteiger partial charge in [0.1, 0.15) is 18.0 Å². The Balaban J connectivity index is 1.76. The van der Waals surface area contributed by atoms with Crippen LogP contribution in [0.2, 0.25) is 5.02 Å². The standard InChI is InChI=1S/C17H18ClN3O4/c1-10-15(24-9-11-2-4-12(18)5-3-11)13(8-22)25-16(10)21-7-6-14(19)20-17(21)23/h2-7,13,15-16,22H,1,8-9H2,(H2,19,20,23)/t13-,15+,16-/m1/s1. The van der Waals surface area contributed by atoms with Crippen molar-refractivity contribution in [2.45, 2.75) is 25.0 Å². The van der Waals surface area contributed by atoms with Gasteiger partial charge in [-0.2, -0.15) is 4.98 Å². The Morgan fingerprint density at radius 3 is 2.72 bits per heavy atom. The van der Waals surface area contributed by atoms with Crippen LogP contribution < -0.4 is 11.4 Å². The number of aromatic nitrogens is 2. The van der Waals surface area contributed by atoms with Gasteiger partial charge in [-0.05, 0) is 23.8 Å². The minimum atomic E-state index is -0.770. The quantitative estimate of drug-likeness (QED) is 0.781. The summed E-state index contributed by atoms with van der Waals surface area (Å²) in [7, 11) is 0. The molecule has 3 atom stereocenters. The zero-order valence-electron chi connectivity index (χ0n) is 13.3. The van der Waals surface area contributed by atoms with Crippen LogP contribution in [0.4, 0.5) is 5.82 Å². The van der Waals surface area contributed by atoms with Crippen molar-refractivity contribution in [1.29, 1.82) is 0 Å². The first kappa shape index (κ1) is 17.6. The normalized spacial score (nSPS) is 23.1. The van der Waals surface area contributed by atoms with Gasteiger partial charge in [-0.15, -0.1) is 0 Å². The highest BCUT2D eigenvalue weighted by Crippen LogP contribution is 2.34. The minimum absolute atomic E-state index is 0.124. The summed E-state index contributed by atoms with van der Waals surface area (Å²) >= 11 is 5.87. The lowest BCUT2D eigenvalue weighted by molar-refractivity contribution is -0.0657. The van der Waals surface area contributed by atoms with E-state index >= 15 is 0 Å². The fourth-order valence-electron chi connectivity index (χ4n) is 2.67. The van der Waals surface area contributed by atoms with Gasteiger partial charge < -0.3 is 20.3 Å². The van der Waals surface area contributed by atoms with E-state index in [1.165, 1.54) is 16.8 Å². The Hall–Kier alpha value is -2.19. The highest BCUT2D eigenvalue weighted by Gasteiger charge is 2.40. The highest BCUT2D eigenvalue weighted by atomic mass is 35.5. The summed E-state index contributed by atoms with van der Waals surface area (Å²) in [5, 5.41) is 10.2. The molecule has 0 amide bonds. The molecule has 0 bridgehead atoms. The number of halogens is 1. The predicted molar refractivity (Wildman–Crippen MR) is 93.1 cm³/mol. The van der Waals surface area contributed by atoms with E-state index in [2.05, 4.69) is 11.6 Å². The van der Waals surface area contributed by atoms with Gasteiger partial charge in [-0.1, -0.05) is 30.3 Å². The lowest BCUT2D eigenvalue weighted by Crippen LogP contribution is -2.28. The van der Waals surface area contributed by atoms with Crippen LogP contribution in [0.1, 0.15) is 11.8 Å². The van der Waals surface area contributed by atoms with Crippen LogP contribution in [0, 0.1) is 0 Å². The van der Waals surface area contributed by atoms with Gasteiger partial charge in [0.05, 0.1) is 13.2 Å². The molecule has 1 aromatic carbocycles. The van der Waals surface area contributed by atoms with Crippen molar-refractivity contribution in [1.82, 2.24) is 9.55 Å². The van der Waals surface area contributed by atoms with Crippen LogP contribution >= 0.6 is 11.6 Å². The second-order valence-corrected chi connectivity index (χ2v) is 6.12. The number of aliphatic hydroxyl groups excluding tert-OH is 1. The van der Waals surface area contributed by atoms with Crippen molar-refractivity contribution in [2.75, 3.05) is 12.3 Å². The van der Waals surface area contributed by atoms with Crippen LogP contribution in [-0.2, 0) is 16.1 Å². The van der Waals surface area contributed by atoms with Crippen molar-refractivity contribution >= 4 is 17.4 Å². The average molecular weight is 364 g/mol. The molecule has 8 heteroatoms. The van der Waals surface area contributed by atoms with Crippen LogP contribution in [0.3, 0.4) is 0 Å². The number of anilines is 1. The molecule has 7 nitrogen and oxygen atoms in total. The molecule has 132 valence electrons.